The highest BCUT2D eigenvalue weighted by Gasteiger charge is 2.17. The van der Waals surface area contributed by atoms with Crippen molar-refractivity contribution in [3.05, 3.63) is 77.3 Å². The average molecular weight is 450 g/mol. The van der Waals surface area contributed by atoms with E-state index in [4.69, 9.17) is 8.83 Å². The van der Waals surface area contributed by atoms with Crippen LogP contribution < -0.4 is 16.0 Å². The number of rotatable bonds is 7. The number of carbonyl (C=O) groups is 3. The Hall–Kier alpha value is -4.18. The van der Waals surface area contributed by atoms with Gasteiger partial charge in [-0.15, -0.1) is 11.3 Å². The van der Waals surface area contributed by atoms with Crippen LogP contribution in [-0.2, 0) is 11.3 Å². The number of benzene rings is 1. The van der Waals surface area contributed by atoms with Crippen LogP contribution in [0.1, 0.15) is 33.6 Å². The van der Waals surface area contributed by atoms with Crippen LogP contribution in [0.3, 0.4) is 0 Å². The molecule has 0 radical (unpaired) electrons. The SMILES string of the molecule is CC(=O)NCc1ccc(-c2csc(NC(=O)c3ccccc3NC(=O)c3ccco3)n2)o1. The minimum absolute atomic E-state index is 0.140. The average Bonchev–Trinajstić information content (AvgIpc) is 3.53. The quantitative estimate of drug-likeness (QED) is 0.388. The number of amides is 3. The van der Waals surface area contributed by atoms with E-state index in [2.05, 4.69) is 20.9 Å². The summed E-state index contributed by atoms with van der Waals surface area (Å²) in [6, 6.07) is 13.3. The van der Waals surface area contributed by atoms with Gasteiger partial charge in [0, 0.05) is 12.3 Å². The second kappa shape index (κ2) is 9.31. The zero-order valence-corrected chi connectivity index (χ0v) is 17.7. The van der Waals surface area contributed by atoms with Crippen molar-refractivity contribution in [1.82, 2.24) is 10.3 Å². The molecule has 4 rings (SSSR count). The molecule has 1 aromatic carbocycles. The monoisotopic (exact) mass is 450 g/mol. The Labute approximate surface area is 186 Å². The van der Waals surface area contributed by atoms with Gasteiger partial charge in [-0.05, 0) is 36.4 Å². The molecule has 0 aliphatic rings. The molecule has 3 aromatic heterocycles. The summed E-state index contributed by atoms with van der Waals surface area (Å²) in [5, 5.41) is 10.2. The molecule has 0 bridgehead atoms. The summed E-state index contributed by atoms with van der Waals surface area (Å²) in [4.78, 5) is 40.5. The lowest BCUT2D eigenvalue weighted by Crippen LogP contribution is -2.18. The molecule has 3 amide bonds. The third-order valence-electron chi connectivity index (χ3n) is 4.32. The third-order valence-corrected chi connectivity index (χ3v) is 5.07. The number of anilines is 2. The Bertz CT molecular complexity index is 1260. The number of nitrogens with zero attached hydrogens (tertiary/aromatic N) is 1. The van der Waals surface area contributed by atoms with E-state index in [1.54, 1.807) is 47.8 Å². The first-order valence-electron chi connectivity index (χ1n) is 9.54. The highest BCUT2D eigenvalue weighted by Crippen LogP contribution is 2.27. The van der Waals surface area contributed by atoms with Gasteiger partial charge in [0.05, 0.1) is 24.1 Å². The summed E-state index contributed by atoms with van der Waals surface area (Å²) >= 11 is 1.24. The second-order valence-electron chi connectivity index (χ2n) is 6.64. The highest BCUT2D eigenvalue weighted by atomic mass is 32.1. The van der Waals surface area contributed by atoms with Crippen LogP contribution in [0.4, 0.5) is 10.8 Å². The van der Waals surface area contributed by atoms with E-state index in [0.29, 0.717) is 28.0 Å². The number of thiazole rings is 1. The van der Waals surface area contributed by atoms with Gasteiger partial charge < -0.3 is 19.5 Å². The first-order chi connectivity index (χ1) is 15.5. The van der Waals surface area contributed by atoms with E-state index >= 15 is 0 Å². The predicted molar refractivity (Wildman–Crippen MR) is 118 cm³/mol. The molecule has 9 nitrogen and oxygen atoms in total. The van der Waals surface area contributed by atoms with Crippen molar-refractivity contribution >= 4 is 39.9 Å². The minimum atomic E-state index is -0.459. The summed E-state index contributed by atoms with van der Waals surface area (Å²) in [6.07, 6.45) is 1.40. The molecule has 0 atom stereocenters. The topological polar surface area (TPSA) is 126 Å². The first kappa shape index (κ1) is 21.1. The Morgan fingerprint density at radius 1 is 1.00 bits per heavy atom. The largest absolute Gasteiger partial charge is 0.459 e. The van der Waals surface area contributed by atoms with Gasteiger partial charge in [-0.1, -0.05) is 12.1 Å². The fourth-order valence-corrected chi connectivity index (χ4v) is 3.51. The minimum Gasteiger partial charge on any atom is -0.459 e. The summed E-state index contributed by atoms with van der Waals surface area (Å²) in [6.45, 7) is 1.71. The molecule has 0 aliphatic heterocycles. The van der Waals surface area contributed by atoms with Gasteiger partial charge in [-0.2, -0.15) is 0 Å². The van der Waals surface area contributed by atoms with Gasteiger partial charge in [-0.25, -0.2) is 4.98 Å². The normalized spacial score (nSPS) is 10.5. The van der Waals surface area contributed by atoms with E-state index in [1.165, 1.54) is 30.6 Å². The van der Waals surface area contributed by atoms with Crippen molar-refractivity contribution in [2.75, 3.05) is 10.6 Å². The van der Waals surface area contributed by atoms with Crippen molar-refractivity contribution in [1.29, 1.82) is 0 Å². The van der Waals surface area contributed by atoms with Crippen molar-refractivity contribution in [3.63, 3.8) is 0 Å². The second-order valence-corrected chi connectivity index (χ2v) is 7.50. The maximum atomic E-state index is 12.8. The lowest BCUT2D eigenvalue weighted by atomic mass is 10.1. The first-order valence-corrected chi connectivity index (χ1v) is 10.4. The molecule has 0 unspecified atom stereocenters. The van der Waals surface area contributed by atoms with Crippen LogP contribution in [0, 0.1) is 0 Å². The lowest BCUT2D eigenvalue weighted by Gasteiger charge is -2.09. The van der Waals surface area contributed by atoms with Gasteiger partial charge in [0.2, 0.25) is 5.91 Å². The Morgan fingerprint density at radius 3 is 2.62 bits per heavy atom. The smallest absolute Gasteiger partial charge is 0.291 e. The van der Waals surface area contributed by atoms with Crippen LogP contribution in [0.2, 0.25) is 0 Å². The van der Waals surface area contributed by atoms with E-state index in [0.717, 1.165) is 0 Å². The molecule has 0 spiro atoms. The van der Waals surface area contributed by atoms with E-state index < -0.39 is 11.8 Å². The van der Waals surface area contributed by atoms with Gasteiger partial charge in [-0.3, -0.25) is 19.7 Å². The van der Waals surface area contributed by atoms with Crippen LogP contribution in [0.15, 0.2) is 69.0 Å². The fourth-order valence-electron chi connectivity index (χ4n) is 2.81. The molecule has 0 aliphatic carbocycles. The zero-order valence-electron chi connectivity index (χ0n) is 16.9. The van der Waals surface area contributed by atoms with Gasteiger partial charge >= 0.3 is 0 Å². The number of nitrogens with one attached hydrogen (secondary N) is 3. The van der Waals surface area contributed by atoms with Crippen molar-refractivity contribution in [2.24, 2.45) is 0 Å². The standard InChI is InChI=1S/C22H18N4O5S/c1-13(27)23-11-14-8-9-18(31-14)17-12-32-22(25-17)26-20(28)15-5-2-3-6-16(15)24-21(29)19-7-4-10-30-19/h2-10,12H,11H2,1H3,(H,23,27)(H,24,29)(H,25,26,28). The van der Waals surface area contributed by atoms with Crippen molar-refractivity contribution in [2.45, 2.75) is 13.5 Å². The Balaban J connectivity index is 1.45. The molecule has 0 saturated heterocycles. The van der Waals surface area contributed by atoms with Crippen molar-refractivity contribution < 1.29 is 23.2 Å². The predicted octanol–water partition coefficient (Wildman–Crippen LogP) is 4.14. The molecule has 4 aromatic rings. The van der Waals surface area contributed by atoms with Gasteiger partial charge in [0.1, 0.15) is 11.5 Å². The zero-order chi connectivity index (χ0) is 22.5. The number of furan rings is 2. The van der Waals surface area contributed by atoms with E-state index in [9.17, 15) is 14.4 Å². The van der Waals surface area contributed by atoms with E-state index in [-0.39, 0.29) is 23.8 Å². The summed E-state index contributed by atoms with van der Waals surface area (Å²) < 4.78 is 10.8. The molecule has 32 heavy (non-hydrogen) atoms. The molecule has 162 valence electrons. The van der Waals surface area contributed by atoms with E-state index in [1.807, 2.05) is 0 Å². The van der Waals surface area contributed by atoms with Crippen molar-refractivity contribution in [3.8, 4) is 11.5 Å². The Morgan fingerprint density at radius 2 is 1.84 bits per heavy atom. The number of hydrogen-bond donors (Lipinski definition) is 3. The maximum Gasteiger partial charge on any atom is 0.291 e. The fraction of sp³-hybridized carbons (Fsp3) is 0.0909. The molecule has 0 fully saturated rings. The van der Waals surface area contributed by atoms with Crippen LogP contribution in [0.5, 0.6) is 0 Å². The number of carbonyl (C=O) groups excluding carboxylic acids is 3. The molecule has 3 heterocycles. The maximum absolute atomic E-state index is 12.8. The van der Waals surface area contributed by atoms with Crippen LogP contribution >= 0.6 is 11.3 Å². The van der Waals surface area contributed by atoms with Crippen LogP contribution in [-0.4, -0.2) is 22.7 Å². The molecule has 3 N–H and O–H groups in total. The molecular formula is C22H18N4O5S. The lowest BCUT2D eigenvalue weighted by molar-refractivity contribution is -0.119. The third kappa shape index (κ3) is 4.93. The van der Waals surface area contributed by atoms with Gasteiger partial charge in [0.15, 0.2) is 16.7 Å². The molecule has 0 saturated carbocycles. The molecule has 10 heteroatoms. The number of para-hydroxylation sites is 1. The summed E-state index contributed by atoms with van der Waals surface area (Å²) in [7, 11) is 0. The van der Waals surface area contributed by atoms with Crippen LogP contribution in [0.25, 0.3) is 11.5 Å². The highest BCUT2D eigenvalue weighted by molar-refractivity contribution is 7.14. The molecular weight excluding hydrogens is 432 g/mol. The Kier molecular flexibility index (Phi) is 6.13. The summed E-state index contributed by atoms with van der Waals surface area (Å²) in [5.41, 5.74) is 1.18. The van der Waals surface area contributed by atoms with Gasteiger partial charge in [0.25, 0.3) is 11.8 Å². The summed E-state index contributed by atoms with van der Waals surface area (Å²) in [5.74, 6) is 0.221. The number of aromatic nitrogens is 1. The number of hydrogen-bond acceptors (Lipinski definition) is 7.